The van der Waals surface area contributed by atoms with E-state index < -0.39 is 6.17 Å². The molecule has 5 rings (SSSR count). The standard InChI is InChI=1S/C23H26FN5O/c1-2-29(20-10-14-3-4-16(9-14)23(20)24)22-8-7-19(27-28-22)18-6-5-15(11-21(18)30)17-12-25-26-13-17/h5-8,11-14,16,20,23,30H,2-4,9-10H2,1H3,(H,25,26)/t14-,16+,20+,23-/m1/s1. The molecular weight excluding hydrogens is 381 g/mol. The molecule has 0 amide bonds. The van der Waals surface area contributed by atoms with Crippen LogP contribution in [0.15, 0.2) is 42.7 Å². The smallest absolute Gasteiger partial charge is 0.151 e. The Labute approximate surface area is 175 Å². The van der Waals surface area contributed by atoms with Crippen LogP contribution in [0.1, 0.15) is 32.6 Å². The number of alkyl halides is 1. The summed E-state index contributed by atoms with van der Waals surface area (Å²) in [7, 11) is 0. The van der Waals surface area contributed by atoms with Crippen molar-refractivity contribution in [2.75, 3.05) is 11.4 Å². The van der Waals surface area contributed by atoms with Gasteiger partial charge in [0.15, 0.2) is 5.82 Å². The Bertz CT molecular complexity index is 1010. The number of anilines is 1. The SMILES string of the molecule is CCN(c1ccc(-c2ccc(-c3cn[nH]c3)cc2O)nn1)[C@H]1C[C@@H]2CC[C@@H](C2)[C@H]1F. The Hall–Kier alpha value is -2.96. The first-order chi connectivity index (χ1) is 14.6. The molecule has 2 saturated carbocycles. The van der Waals surface area contributed by atoms with Crippen molar-refractivity contribution >= 4 is 5.82 Å². The van der Waals surface area contributed by atoms with E-state index >= 15 is 4.39 Å². The van der Waals surface area contributed by atoms with Gasteiger partial charge >= 0.3 is 0 Å². The number of phenolic OH excluding ortho intramolecular Hbond substituents is 1. The Balaban J connectivity index is 1.38. The molecule has 2 aromatic heterocycles. The molecular formula is C23H26FN5O. The van der Waals surface area contributed by atoms with Crippen LogP contribution in [0.5, 0.6) is 5.75 Å². The van der Waals surface area contributed by atoms with Gasteiger partial charge in [-0.15, -0.1) is 10.2 Å². The van der Waals surface area contributed by atoms with Crippen LogP contribution >= 0.6 is 0 Å². The van der Waals surface area contributed by atoms with Crippen LogP contribution in [-0.4, -0.2) is 44.3 Å². The summed E-state index contributed by atoms with van der Waals surface area (Å²) in [6, 6.07) is 9.05. The molecule has 3 aromatic rings. The number of benzene rings is 1. The summed E-state index contributed by atoms with van der Waals surface area (Å²) in [5.41, 5.74) is 2.97. The van der Waals surface area contributed by atoms with Crippen molar-refractivity contribution in [3.63, 3.8) is 0 Å². The first-order valence-corrected chi connectivity index (χ1v) is 10.7. The van der Waals surface area contributed by atoms with E-state index in [9.17, 15) is 5.11 Å². The first kappa shape index (κ1) is 19.0. The fraction of sp³-hybridized carbons (Fsp3) is 0.435. The predicted octanol–water partition coefficient (Wildman–Crippen LogP) is 4.59. The molecule has 0 aliphatic heterocycles. The Morgan fingerprint density at radius 3 is 2.73 bits per heavy atom. The van der Waals surface area contributed by atoms with Crippen LogP contribution in [0.25, 0.3) is 22.4 Å². The third kappa shape index (κ3) is 3.32. The van der Waals surface area contributed by atoms with Gasteiger partial charge in [0, 0.05) is 23.9 Å². The van der Waals surface area contributed by atoms with Gasteiger partial charge in [-0.2, -0.15) is 5.10 Å². The molecule has 6 nitrogen and oxygen atoms in total. The zero-order valence-electron chi connectivity index (χ0n) is 17.0. The maximum Gasteiger partial charge on any atom is 0.151 e. The number of aromatic nitrogens is 4. The van der Waals surface area contributed by atoms with Gasteiger partial charge in [0.05, 0.1) is 17.9 Å². The van der Waals surface area contributed by atoms with Gasteiger partial charge in [0.2, 0.25) is 0 Å². The summed E-state index contributed by atoms with van der Waals surface area (Å²) in [6.45, 7) is 2.74. The van der Waals surface area contributed by atoms with Gasteiger partial charge in [0.25, 0.3) is 0 Å². The number of nitrogens with zero attached hydrogens (tertiary/aromatic N) is 4. The van der Waals surface area contributed by atoms with E-state index in [2.05, 4.69) is 25.3 Å². The summed E-state index contributed by atoms with van der Waals surface area (Å²) < 4.78 is 15.1. The van der Waals surface area contributed by atoms with Gasteiger partial charge in [-0.05, 0) is 74.3 Å². The minimum absolute atomic E-state index is 0.121. The monoisotopic (exact) mass is 407 g/mol. The first-order valence-electron chi connectivity index (χ1n) is 10.7. The van der Waals surface area contributed by atoms with E-state index in [1.807, 2.05) is 31.2 Å². The van der Waals surface area contributed by atoms with Crippen molar-refractivity contribution in [1.29, 1.82) is 0 Å². The van der Waals surface area contributed by atoms with E-state index in [-0.39, 0.29) is 17.7 Å². The van der Waals surface area contributed by atoms with Crippen molar-refractivity contribution < 1.29 is 9.50 Å². The molecule has 7 heteroatoms. The zero-order valence-corrected chi connectivity index (χ0v) is 17.0. The molecule has 0 spiro atoms. The zero-order chi connectivity index (χ0) is 20.7. The van der Waals surface area contributed by atoms with Gasteiger partial charge in [-0.25, -0.2) is 4.39 Å². The lowest BCUT2D eigenvalue weighted by molar-refractivity contribution is 0.142. The maximum absolute atomic E-state index is 15.1. The molecule has 2 N–H and O–H groups in total. The molecule has 30 heavy (non-hydrogen) atoms. The Morgan fingerprint density at radius 1 is 1.13 bits per heavy atom. The minimum Gasteiger partial charge on any atom is -0.507 e. The lowest BCUT2D eigenvalue weighted by atomic mass is 9.83. The van der Waals surface area contributed by atoms with Crippen LogP contribution in [0.3, 0.4) is 0 Å². The van der Waals surface area contributed by atoms with E-state index in [0.717, 1.165) is 36.8 Å². The van der Waals surface area contributed by atoms with Crippen LogP contribution in [0.2, 0.25) is 0 Å². The van der Waals surface area contributed by atoms with E-state index in [1.165, 1.54) is 0 Å². The van der Waals surface area contributed by atoms with E-state index in [1.54, 1.807) is 18.5 Å². The number of aromatic hydroxyl groups is 1. The Morgan fingerprint density at radius 2 is 2.03 bits per heavy atom. The summed E-state index contributed by atoms with van der Waals surface area (Å²) in [4.78, 5) is 2.06. The quantitative estimate of drug-likeness (QED) is 0.647. The second-order valence-corrected chi connectivity index (χ2v) is 8.47. The molecule has 4 atom stereocenters. The average molecular weight is 407 g/mol. The molecule has 2 aliphatic rings. The van der Waals surface area contributed by atoms with Gasteiger partial charge in [0.1, 0.15) is 11.9 Å². The number of halogens is 1. The summed E-state index contributed by atoms with van der Waals surface area (Å²) in [5.74, 6) is 1.67. The molecule has 1 aromatic carbocycles. The van der Waals surface area contributed by atoms with Crippen LogP contribution < -0.4 is 4.90 Å². The number of hydrogen-bond donors (Lipinski definition) is 2. The number of aromatic amines is 1. The van der Waals surface area contributed by atoms with Crippen LogP contribution in [0.4, 0.5) is 10.2 Å². The molecule has 2 aliphatic carbocycles. The van der Waals surface area contributed by atoms with Crippen molar-refractivity contribution in [3.8, 4) is 28.1 Å². The average Bonchev–Trinajstić information content (AvgIpc) is 3.44. The third-order valence-electron chi connectivity index (χ3n) is 6.77. The number of fused-ring (bicyclic) bond motifs is 2. The topological polar surface area (TPSA) is 77.9 Å². The number of rotatable bonds is 5. The normalized spacial score (nSPS) is 25.4. The fourth-order valence-electron chi connectivity index (χ4n) is 5.23. The van der Waals surface area contributed by atoms with Crippen molar-refractivity contribution in [2.24, 2.45) is 11.8 Å². The summed E-state index contributed by atoms with van der Waals surface area (Å²) in [5, 5.41) is 26.0. The third-order valence-corrected chi connectivity index (χ3v) is 6.77. The molecule has 156 valence electrons. The van der Waals surface area contributed by atoms with Gasteiger partial charge < -0.3 is 10.0 Å². The number of phenols is 1. The second-order valence-electron chi connectivity index (χ2n) is 8.47. The van der Waals surface area contributed by atoms with Crippen molar-refractivity contribution in [3.05, 3.63) is 42.7 Å². The number of H-pyrrole nitrogens is 1. The largest absolute Gasteiger partial charge is 0.507 e. The highest BCUT2D eigenvalue weighted by molar-refractivity contribution is 5.73. The summed E-state index contributed by atoms with van der Waals surface area (Å²) >= 11 is 0. The molecule has 0 unspecified atom stereocenters. The van der Waals surface area contributed by atoms with Crippen molar-refractivity contribution in [2.45, 2.75) is 44.8 Å². The molecule has 0 radical (unpaired) electrons. The fourth-order valence-corrected chi connectivity index (χ4v) is 5.23. The highest BCUT2D eigenvalue weighted by Gasteiger charge is 2.44. The molecule has 0 saturated heterocycles. The molecule has 2 bridgehead atoms. The highest BCUT2D eigenvalue weighted by atomic mass is 19.1. The second kappa shape index (κ2) is 7.70. The predicted molar refractivity (Wildman–Crippen MR) is 114 cm³/mol. The summed E-state index contributed by atoms with van der Waals surface area (Å²) in [6.07, 6.45) is 6.77. The van der Waals surface area contributed by atoms with E-state index in [0.29, 0.717) is 29.5 Å². The molecule has 2 heterocycles. The van der Waals surface area contributed by atoms with Gasteiger partial charge in [-0.3, -0.25) is 5.10 Å². The number of nitrogens with one attached hydrogen (secondary N) is 1. The van der Waals surface area contributed by atoms with Gasteiger partial charge in [-0.1, -0.05) is 6.07 Å². The van der Waals surface area contributed by atoms with Crippen molar-refractivity contribution in [1.82, 2.24) is 20.4 Å². The van der Waals surface area contributed by atoms with E-state index in [4.69, 9.17) is 0 Å². The highest BCUT2D eigenvalue weighted by Crippen LogP contribution is 2.45. The van der Waals surface area contributed by atoms with Crippen LogP contribution in [-0.2, 0) is 0 Å². The lowest BCUT2D eigenvalue weighted by Gasteiger charge is -2.39. The minimum atomic E-state index is -0.801. The number of hydrogen-bond acceptors (Lipinski definition) is 5. The molecule has 2 fully saturated rings. The Kier molecular flexibility index (Phi) is 4.89. The lowest BCUT2D eigenvalue weighted by Crippen LogP contribution is -2.47. The van der Waals surface area contributed by atoms with Crippen LogP contribution in [0, 0.1) is 11.8 Å². The maximum atomic E-state index is 15.1.